The quantitative estimate of drug-likeness (QED) is 0.239. The minimum atomic E-state index is -2.23. The fourth-order valence-corrected chi connectivity index (χ4v) is 10.6. The first kappa shape index (κ1) is 30.1. The van der Waals surface area contributed by atoms with E-state index in [0.717, 1.165) is 5.56 Å². The predicted octanol–water partition coefficient (Wildman–Crippen LogP) is 6.27. The largest absolute Gasteiger partial charge is 0.543 e. The molecule has 0 fully saturated rings. The fraction of sp³-hybridized carbons (Fsp3) is 0.433. The summed E-state index contributed by atoms with van der Waals surface area (Å²) in [7, 11) is -0.635. The van der Waals surface area contributed by atoms with Crippen LogP contribution in [0.1, 0.15) is 52.8 Å². The van der Waals surface area contributed by atoms with Gasteiger partial charge in [0.1, 0.15) is 23.9 Å². The summed E-state index contributed by atoms with van der Waals surface area (Å²) in [5.41, 5.74) is 3.08. The number of ether oxygens (including phenoxy) is 2. The maximum Gasteiger partial charge on any atom is 0.332 e. The van der Waals surface area contributed by atoms with Gasteiger partial charge in [0.2, 0.25) is 0 Å². The molecule has 8 nitrogen and oxygen atoms in total. The van der Waals surface area contributed by atoms with Gasteiger partial charge in [0.15, 0.2) is 11.9 Å². The summed E-state index contributed by atoms with van der Waals surface area (Å²) in [6.45, 7) is 13.4. The molecule has 210 valence electrons. The highest BCUT2D eigenvalue weighted by Gasteiger charge is 2.47. The summed E-state index contributed by atoms with van der Waals surface area (Å²) >= 11 is 0. The van der Waals surface area contributed by atoms with Crippen LogP contribution in [-0.2, 0) is 17.8 Å². The van der Waals surface area contributed by atoms with Crippen LogP contribution in [0.15, 0.2) is 54.7 Å². The number of aliphatic hydroxyl groups excluding tert-OH is 1. The molecule has 0 spiro atoms. The second-order valence-corrected chi connectivity index (χ2v) is 16.0. The van der Waals surface area contributed by atoms with Crippen LogP contribution < -0.4 is 13.9 Å². The summed E-state index contributed by atoms with van der Waals surface area (Å²) in [5, 5.41) is 19.5. The average Bonchev–Trinajstić information content (AvgIpc) is 2.90. The van der Waals surface area contributed by atoms with E-state index in [9.17, 15) is 15.0 Å². The Morgan fingerprint density at radius 1 is 0.949 bits per heavy atom. The lowest BCUT2D eigenvalue weighted by Gasteiger charge is -2.42. The maximum atomic E-state index is 11.5. The van der Waals surface area contributed by atoms with E-state index >= 15 is 0 Å². The van der Waals surface area contributed by atoms with Gasteiger partial charge in [-0.3, -0.25) is 0 Å². The van der Waals surface area contributed by atoms with Gasteiger partial charge in [-0.05, 0) is 53.0 Å². The molecule has 2 N–H and O–H groups in total. The third-order valence-electron chi connectivity index (χ3n) is 7.17. The number of carboxylic acids is 1. The normalized spacial score (nSPS) is 12.6. The lowest BCUT2D eigenvalue weighted by atomic mass is 10.1. The topological polar surface area (TPSA) is 111 Å². The number of carbonyl (C=O) groups is 1. The smallest absolute Gasteiger partial charge is 0.332 e. The van der Waals surface area contributed by atoms with Gasteiger partial charge in [-0.1, -0.05) is 53.7 Å². The van der Waals surface area contributed by atoms with Crippen LogP contribution in [0.4, 0.5) is 0 Å². The molecule has 3 rings (SSSR count). The molecule has 0 aliphatic rings. The molecule has 0 saturated heterocycles. The predicted molar refractivity (Wildman–Crippen MR) is 154 cm³/mol. The van der Waals surface area contributed by atoms with Crippen molar-refractivity contribution >= 4 is 14.3 Å². The highest BCUT2D eigenvalue weighted by molar-refractivity contribution is 6.78. The molecule has 9 heteroatoms. The summed E-state index contributed by atoms with van der Waals surface area (Å²) in [4.78, 5) is 20.5. The molecule has 0 amide bonds. The van der Waals surface area contributed by atoms with E-state index in [2.05, 4.69) is 51.5 Å². The first-order chi connectivity index (χ1) is 18.5. The number of hydrogen-bond acceptors (Lipinski definition) is 7. The SMILES string of the molecule is COc1ccccc1-c1nccc(COc2ccc(O[Si](C(C)C)(C(C)C)C(C)C)cc2C[C@@H](O)C(=O)O)n1. The van der Waals surface area contributed by atoms with E-state index in [1.54, 1.807) is 31.5 Å². The third-order valence-corrected chi connectivity index (χ3v) is 13.2. The van der Waals surface area contributed by atoms with E-state index in [1.165, 1.54) is 0 Å². The van der Waals surface area contributed by atoms with Gasteiger partial charge >= 0.3 is 5.97 Å². The number of aromatic nitrogens is 2. The van der Waals surface area contributed by atoms with Crippen LogP contribution in [0.3, 0.4) is 0 Å². The van der Waals surface area contributed by atoms with E-state index < -0.39 is 20.4 Å². The molecule has 1 aromatic heterocycles. The van der Waals surface area contributed by atoms with E-state index in [-0.39, 0.29) is 13.0 Å². The van der Waals surface area contributed by atoms with E-state index in [1.807, 2.05) is 30.3 Å². The molecule has 0 aliphatic carbocycles. The van der Waals surface area contributed by atoms with Crippen molar-refractivity contribution in [3.8, 4) is 28.6 Å². The van der Waals surface area contributed by atoms with Crippen LogP contribution in [0.2, 0.25) is 16.6 Å². The fourth-order valence-electron chi connectivity index (χ4n) is 5.36. The Bertz CT molecular complexity index is 1240. The highest BCUT2D eigenvalue weighted by atomic mass is 28.4. The zero-order chi connectivity index (χ0) is 28.7. The molecule has 0 bridgehead atoms. The van der Waals surface area contributed by atoms with Crippen molar-refractivity contribution in [1.82, 2.24) is 9.97 Å². The number of benzene rings is 2. The molecule has 3 aromatic rings. The van der Waals surface area contributed by atoms with Crippen molar-refractivity contribution in [3.05, 3.63) is 66.0 Å². The summed E-state index contributed by atoms with van der Waals surface area (Å²) < 4.78 is 18.3. The Balaban J connectivity index is 1.91. The molecule has 0 unspecified atom stereocenters. The van der Waals surface area contributed by atoms with E-state index in [0.29, 0.717) is 51.0 Å². The first-order valence-corrected chi connectivity index (χ1v) is 15.4. The second kappa shape index (κ2) is 13.1. The van der Waals surface area contributed by atoms with Gasteiger partial charge in [0.25, 0.3) is 8.32 Å². The molecule has 1 heterocycles. The lowest BCUT2D eigenvalue weighted by Crippen LogP contribution is -2.50. The van der Waals surface area contributed by atoms with Crippen molar-refractivity contribution in [2.45, 2.75) is 77.3 Å². The van der Waals surface area contributed by atoms with Gasteiger partial charge in [-0.25, -0.2) is 14.8 Å². The zero-order valence-electron chi connectivity index (χ0n) is 23.8. The van der Waals surface area contributed by atoms with Gasteiger partial charge in [0, 0.05) is 18.2 Å². The number of aliphatic carboxylic acids is 1. The Labute approximate surface area is 232 Å². The van der Waals surface area contributed by atoms with Gasteiger partial charge in [0.05, 0.1) is 18.4 Å². The molecule has 39 heavy (non-hydrogen) atoms. The Hall–Kier alpha value is -3.43. The van der Waals surface area contributed by atoms with Crippen LogP contribution in [0, 0.1) is 0 Å². The van der Waals surface area contributed by atoms with Crippen LogP contribution in [0.25, 0.3) is 11.4 Å². The van der Waals surface area contributed by atoms with Crippen molar-refractivity contribution < 1.29 is 28.9 Å². The van der Waals surface area contributed by atoms with Crippen LogP contribution in [-0.4, -0.2) is 47.7 Å². The summed E-state index contributed by atoms with van der Waals surface area (Å²) in [5.74, 6) is 1.01. The monoisotopic (exact) mass is 552 g/mol. The molecular formula is C30H40N2O6Si. The van der Waals surface area contributed by atoms with Gasteiger partial charge in [-0.2, -0.15) is 0 Å². The van der Waals surface area contributed by atoms with Crippen molar-refractivity contribution in [2.75, 3.05) is 7.11 Å². The van der Waals surface area contributed by atoms with Crippen LogP contribution >= 0.6 is 0 Å². The van der Waals surface area contributed by atoms with Gasteiger partial charge in [-0.15, -0.1) is 0 Å². The van der Waals surface area contributed by atoms with Crippen molar-refractivity contribution in [2.24, 2.45) is 0 Å². The number of hydrogen-bond donors (Lipinski definition) is 2. The van der Waals surface area contributed by atoms with Crippen molar-refractivity contribution in [1.29, 1.82) is 0 Å². The number of rotatable bonds is 13. The number of aliphatic hydroxyl groups is 1. The molecule has 0 radical (unpaired) electrons. The standard InChI is InChI=1S/C30H40N2O6Si/c1-19(2)39(20(3)4,21(5)6)38-24-12-13-27(22(16-24)17-26(33)30(34)35)37-18-23-14-15-31-29(32-23)25-10-8-9-11-28(25)36-7/h8-16,19-21,26,33H,17-18H2,1-7H3,(H,34,35)/t26-/m1/s1. The maximum absolute atomic E-state index is 11.5. The number of para-hydroxylation sites is 1. The molecular weight excluding hydrogens is 512 g/mol. The summed E-state index contributed by atoms with van der Waals surface area (Å²) in [6, 6.07) is 14.7. The third kappa shape index (κ3) is 6.96. The Morgan fingerprint density at radius 2 is 1.62 bits per heavy atom. The zero-order valence-corrected chi connectivity index (χ0v) is 24.8. The second-order valence-electron chi connectivity index (χ2n) is 10.6. The lowest BCUT2D eigenvalue weighted by molar-refractivity contribution is -0.146. The molecule has 2 aromatic carbocycles. The first-order valence-electron chi connectivity index (χ1n) is 13.3. The Morgan fingerprint density at radius 3 is 2.23 bits per heavy atom. The summed E-state index contributed by atoms with van der Waals surface area (Å²) in [6.07, 6.45) is -0.0216. The Kier molecular flexibility index (Phi) is 10.1. The minimum Gasteiger partial charge on any atom is -0.543 e. The number of carboxylic acid groups (broad SMARTS) is 1. The molecule has 1 atom stereocenters. The van der Waals surface area contributed by atoms with Crippen molar-refractivity contribution in [3.63, 3.8) is 0 Å². The minimum absolute atomic E-state index is 0.113. The number of nitrogens with zero attached hydrogens (tertiary/aromatic N) is 2. The van der Waals surface area contributed by atoms with Gasteiger partial charge < -0.3 is 24.1 Å². The molecule has 0 aliphatic heterocycles. The molecule has 0 saturated carbocycles. The number of methoxy groups -OCH3 is 1. The average molecular weight is 553 g/mol. The van der Waals surface area contributed by atoms with E-state index in [4.69, 9.17) is 13.9 Å². The van der Waals surface area contributed by atoms with Crippen LogP contribution in [0.5, 0.6) is 17.2 Å². The highest BCUT2D eigenvalue weighted by Crippen LogP contribution is 2.43.